The first-order chi connectivity index (χ1) is 27.7. The van der Waals surface area contributed by atoms with E-state index in [1.165, 1.54) is 82.9 Å². The van der Waals surface area contributed by atoms with Crippen molar-refractivity contribution in [3.63, 3.8) is 0 Å². The largest absolute Gasteiger partial charge is 0.455 e. The lowest BCUT2D eigenvalue weighted by Crippen LogP contribution is -2.53. The Bertz CT molecular complexity index is 3460. The molecule has 0 saturated heterocycles. The van der Waals surface area contributed by atoms with E-state index in [4.69, 9.17) is 11.0 Å². The number of aryl methyl sites for hydroxylation is 1. The third-order valence-corrected chi connectivity index (χ3v) is 12.9. The van der Waals surface area contributed by atoms with E-state index in [2.05, 4.69) is 178 Å². The van der Waals surface area contributed by atoms with Crippen molar-refractivity contribution in [1.82, 2.24) is 4.40 Å². The number of nitrogens with zero attached hydrogens (tertiary/aromatic N) is 3. The number of pyridine rings is 2. The van der Waals surface area contributed by atoms with Crippen molar-refractivity contribution >= 4 is 65.7 Å². The minimum atomic E-state index is 0.0711. The van der Waals surface area contributed by atoms with Crippen molar-refractivity contribution in [2.45, 2.75) is 24.8 Å². The van der Waals surface area contributed by atoms with Gasteiger partial charge in [0.2, 0.25) is 23.1 Å². The normalized spacial score (nSPS) is 16.5. The highest BCUT2D eigenvalue weighted by atomic mass is 16.3. The number of para-hydroxylation sites is 1. The highest BCUT2D eigenvalue weighted by molar-refractivity contribution is 6.30. The molecule has 11 aromatic rings. The summed E-state index contributed by atoms with van der Waals surface area (Å²) < 4.78 is 14.1. The lowest BCUT2D eigenvalue weighted by atomic mass is 9.78. The number of rotatable bonds is 1. The predicted octanol–water partition coefficient (Wildman–Crippen LogP) is 12.1. The molecule has 2 aliphatic heterocycles. The van der Waals surface area contributed by atoms with E-state index in [1.807, 2.05) is 0 Å². The number of aromatic nitrogens is 3. The second kappa shape index (κ2) is 11.0. The molecule has 0 amide bonds. The Labute approximate surface area is 322 Å². The van der Waals surface area contributed by atoms with Crippen LogP contribution in [0.25, 0.3) is 99.4 Å². The molecule has 262 valence electrons. The van der Waals surface area contributed by atoms with Gasteiger partial charge in [-0.25, -0.2) is 0 Å². The van der Waals surface area contributed by atoms with Crippen molar-refractivity contribution < 1.29 is 13.6 Å². The standard InChI is InChI=1S/C52H35N3O/c1-31-50-38(35-15-5-6-16-36(35)44-18-10-12-26-54(44)50)22-21-33-29-47-41(30-40(33)45-19-9-11-25-53(31)45)42-27-34(32-13-3-2-4-14-32)28-43-49-46(55(47)51(42)43)24-23-39-37-17-7-8-20-48(37)56-52(39)49/h2-20,23-30,38,50H,1,21-22H2/q+2. The van der Waals surface area contributed by atoms with E-state index in [1.54, 1.807) is 0 Å². The van der Waals surface area contributed by atoms with Crippen molar-refractivity contribution in [2.24, 2.45) is 0 Å². The van der Waals surface area contributed by atoms with Crippen LogP contribution in [0.1, 0.15) is 29.5 Å². The summed E-state index contributed by atoms with van der Waals surface area (Å²) in [5, 5.41) is 7.23. The molecule has 5 aromatic heterocycles. The van der Waals surface area contributed by atoms with Crippen LogP contribution in [0.3, 0.4) is 0 Å². The van der Waals surface area contributed by atoms with Gasteiger partial charge < -0.3 is 8.82 Å². The first kappa shape index (κ1) is 30.3. The maximum Gasteiger partial charge on any atom is 0.249 e. The molecule has 56 heavy (non-hydrogen) atoms. The summed E-state index contributed by atoms with van der Waals surface area (Å²) in [6.07, 6.45) is 6.39. The predicted molar refractivity (Wildman–Crippen MR) is 227 cm³/mol. The molecule has 0 radical (unpaired) electrons. The number of furan rings is 1. The number of benzene rings is 6. The summed E-state index contributed by atoms with van der Waals surface area (Å²) in [5.41, 5.74) is 16.8. The third-order valence-electron chi connectivity index (χ3n) is 12.9. The van der Waals surface area contributed by atoms with Gasteiger partial charge in [0.25, 0.3) is 0 Å². The number of fused-ring (bicyclic) bond motifs is 19. The van der Waals surface area contributed by atoms with Gasteiger partial charge in [-0.1, -0.05) is 66.7 Å². The lowest BCUT2D eigenvalue weighted by molar-refractivity contribution is -0.727. The minimum Gasteiger partial charge on any atom is -0.455 e. The van der Waals surface area contributed by atoms with Gasteiger partial charge in [0.05, 0.1) is 33.4 Å². The summed E-state index contributed by atoms with van der Waals surface area (Å²) in [6, 6.07) is 55.8. The Morgan fingerprint density at radius 3 is 2.30 bits per heavy atom. The Kier molecular flexibility index (Phi) is 5.96. The first-order valence-corrected chi connectivity index (χ1v) is 19.7. The molecule has 6 aromatic carbocycles. The molecule has 0 fully saturated rings. The molecule has 0 bridgehead atoms. The molecule has 13 rings (SSSR count). The molecule has 0 aliphatic carbocycles. The monoisotopic (exact) mass is 717 g/mol. The van der Waals surface area contributed by atoms with E-state index in [-0.39, 0.29) is 12.0 Å². The molecule has 2 unspecified atom stereocenters. The van der Waals surface area contributed by atoms with Gasteiger partial charge in [-0.3, -0.25) is 0 Å². The molecular weight excluding hydrogens is 683 g/mol. The molecule has 0 N–H and O–H groups in total. The van der Waals surface area contributed by atoms with Gasteiger partial charge in [-0.05, 0) is 102 Å². The summed E-state index contributed by atoms with van der Waals surface area (Å²) in [7, 11) is 0. The third kappa shape index (κ3) is 3.93. The van der Waals surface area contributed by atoms with Gasteiger partial charge in [-0.15, -0.1) is 0 Å². The summed E-state index contributed by atoms with van der Waals surface area (Å²) in [4.78, 5) is 0. The fraction of sp³-hybridized carbons (Fsp3) is 0.0769. The van der Waals surface area contributed by atoms with Gasteiger partial charge in [0, 0.05) is 56.8 Å². The average molecular weight is 718 g/mol. The van der Waals surface area contributed by atoms with Gasteiger partial charge >= 0.3 is 0 Å². The van der Waals surface area contributed by atoms with Crippen LogP contribution >= 0.6 is 0 Å². The van der Waals surface area contributed by atoms with E-state index in [0.717, 1.165) is 40.5 Å². The Hall–Kier alpha value is -7.04. The maximum absolute atomic E-state index is 6.75. The van der Waals surface area contributed by atoms with Crippen molar-refractivity contribution in [1.29, 1.82) is 0 Å². The van der Waals surface area contributed by atoms with Crippen LogP contribution in [0.5, 0.6) is 0 Å². The second-order valence-corrected chi connectivity index (χ2v) is 15.7. The van der Waals surface area contributed by atoms with E-state index in [9.17, 15) is 0 Å². The van der Waals surface area contributed by atoms with Crippen LogP contribution in [0.4, 0.5) is 0 Å². The molecule has 4 heteroatoms. The summed E-state index contributed by atoms with van der Waals surface area (Å²) in [5.74, 6) is 0.254. The highest BCUT2D eigenvalue weighted by Crippen LogP contribution is 2.48. The Morgan fingerprint density at radius 1 is 0.589 bits per heavy atom. The van der Waals surface area contributed by atoms with E-state index >= 15 is 0 Å². The second-order valence-electron chi connectivity index (χ2n) is 15.7. The number of hydrogen-bond donors (Lipinski definition) is 0. The fourth-order valence-electron chi connectivity index (χ4n) is 10.6. The van der Waals surface area contributed by atoms with Crippen molar-refractivity contribution in [2.75, 3.05) is 0 Å². The zero-order valence-corrected chi connectivity index (χ0v) is 30.6. The highest BCUT2D eigenvalue weighted by Gasteiger charge is 2.46. The molecule has 0 spiro atoms. The smallest absolute Gasteiger partial charge is 0.249 e. The SMILES string of the molecule is C=C1C2C(CCc3cc4c(cc3-c3cccc[n+]31)c1cc(-c3ccccc3)cc3c5c6oc7ccccc7c6ccc5n4c13)c1ccccc1-c1cccc[n+]12. The topological polar surface area (TPSA) is 25.3 Å². The first-order valence-electron chi connectivity index (χ1n) is 19.7. The average Bonchev–Trinajstić information content (AvgIpc) is 3.92. The van der Waals surface area contributed by atoms with Crippen LogP contribution in [0.15, 0.2) is 175 Å². The van der Waals surface area contributed by atoms with Crippen LogP contribution in [-0.4, -0.2) is 4.40 Å². The molecular formula is C52H35N3O+2. The van der Waals surface area contributed by atoms with Crippen molar-refractivity contribution in [3.8, 4) is 33.6 Å². The molecule has 2 aliphatic rings. The van der Waals surface area contributed by atoms with Crippen LogP contribution in [-0.2, 0) is 6.42 Å². The maximum atomic E-state index is 6.75. The lowest BCUT2D eigenvalue weighted by Gasteiger charge is -2.29. The fourth-order valence-corrected chi connectivity index (χ4v) is 10.6. The molecule has 4 nitrogen and oxygen atoms in total. The van der Waals surface area contributed by atoms with Gasteiger partial charge in [0.1, 0.15) is 11.2 Å². The molecule has 0 saturated carbocycles. The quantitative estimate of drug-likeness (QED) is 0.155. The van der Waals surface area contributed by atoms with Crippen LogP contribution in [0, 0.1) is 0 Å². The summed E-state index contributed by atoms with van der Waals surface area (Å²) >= 11 is 0. The number of allylic oxidation sites excluding steroid dienone is 1. The zero-order chi connectivity index (χ0) is 36.6. The van der Waals surface area contributed by atoms with Crippen molar-refractivity contribution in [3.05, 3.63) is 182 Å². The van der Waals surface area contributed by atoms with E-state index < -0.39 is 0 Å². The van der Waals surface area contributed by atoms with Crippen LogP contribution in [0.2, 0.25) is 0 Å². The molecule has 7 heterocycles. The number of hydrogen-bond acceptors (Lipinski definition) is 1. The van der Waals surface area contributed by atoms with Gasteiger partial charge in [0.15, 0.2) is 12.4 Å². The Balaban J connectivity index is 1.13. The molecule has 2 atom stereocenters. The Morgan fingerprint density at radius 2 is 1.38 bits per heavy atom. The van der Waals surface area contributed by atoms with Gasteiger partial charge in [-0.2, -0.15) is 9.13 Å². The summed E-state index contributed by atoms with van der Waals surface area (Å²) in [6.45, 7) is 4.90. The minimum absolute atomic E-state index is 0.0711. The van der Waals surface area contributed by atoms with Crippen LogP contribution < -0.4 is 9.13 Å². The zero-order valence-electron chi connectivity index (χ0n) is 30.6. The van der Waals surface area contributed by atoms with E-state index in [0.29, 0.717) is 0 Å².